The third-order valence-corrected chi connectivity index (χ3v) is 5.48. The zero-order valence-electron chi connectivity index (χ0n) is 14.8. The van der Waals surface area contributed by atoms with Gasteiger partial charge in [0, 0.05) is 38.6 Å². The summed E-state index contributed by atoms with van der Waals surface area (Å²) >= 11 is 0. The van der Waals surface area contributed by atoms with Crippen LogP contribution in [0, 0.1) is 11.6 Å². The Kier molecular flexibility index (Phi) is 6.21. The number of β-amino-alcohol motifs (C(OH)–C–C–N with tert-alkyl or cyclic N) is 1. The van der Waals surface area contributed by atoms with Gasteiger partial charge in [-0.2, -0.15) is 0 Å². The third kappa shape index (κ3) is 4.58. The summed E-state index contributed by atoms with van der Waals surface area (Å²) < 4.78 is 26.2. The van der Waals surface area contributed by atoms with Crippen molar-refractivity contribution in [2.75, 3.05) is 26.2 Å². The second-order valence-electron chi connectivity index (χ2n) is 7.28. The molecule has 2 aliphatic heterocycles. The van der Waals surface area contributed by atoms with Gasteiger partial charge < -0.3 is 15.1 Å². The van der Waals surface area contributed by atoms with Crippen molar-refractivity contribution in [3.05, 3.63) is 35.4 Å². The van der Waals surface area contributed by atoms with Gasteiger partial charge in [-0.05, 0) is 43.4 Å². The topological polar surface area (TPSA) is 64.0 Å². The Labute approximate surface area is 152 Å². The smallest absolute Gasteiger partial charge is 0.222 e. The molecule has 3 rings (SSSR count). The lowest BCUT2D eigenvalue weighted by Crippen LogP contribution is -2.57. The van der Waals surface area contributed by atoms with E-state index in [0.29, 0.717) is 31.5 Å². The van der Waals surface area contributed by atoms with Crippen LogP contribution in [0.2, 0.25) is 0 Å². The van der Waals surface area contributed by atoms with Gasteiger partial charge in [0.2, 0.25) is 5.91 Å². The predicted octanol–water partition coefficient (Wildman–Crippen LogP) is 1.32. The monoisotopic (exact) mass is 368 g/mol. The zero-order chi connectivity index (χ0) is 18.7. The number of piperidine rings is 2. The maximum absolute atomic E-state index is 13.2. The number of aryl methyl sites for hydroxylation is 1. The second kappa shape index (κ2) is 8.41. The fraction of sp³-hybridized carbons (Fsp3) is 0.632. The Bertz CT molecular complexity index is 635. The Morgan fingerprint density at radius 3 is 2.46 bits per heavy atom. The number of aliphatic hydroxyl groups is 2. The molecule has 0 spiro atoms. The molecule has 0 radical (unpaired) electrons. The summed E-state index contributed by atoms with van der Waals surface area (Å²) in [5, 5.41) is 20.1. The molecule has 0 saturated carbocycles. The van der Waals surface area contributed by atoms with Crippen LogP contribution in [0.15, 0.2) is 18.2 Å². The molecule has 2 N–H and O–H groups in total. The molecule has 0 aromatic heterocycles. The Morgan fingerprint density at radius 1 is 1.08 bits per heavy atom. The molecule has 2 aliphatic rings. The number of carbonyl (C=O) groups is 1. The maximum atomic E-state index is 13.2. The normalized spacial score (nSPS) is 25.5. The van der Waals surface area contributed by atoms with E-state index in [1.807, 2.05) is 0 Å². The standard InChI is InChI=1S/C19H26F2N2O3/c20-15-3-1-13(11-16(15)21)2-4-19(26)23-10-7-17(18(25)12-23)22-8-5-14(24)6-9-22/h1,3,11,14,17-18,24-25H,2,4-10,12H2/t17-,18-/m1/s1. The van der Waals surface area contributed by atoms with Crippen LogP contribution in [0.5, 0.6) is 0 Å². The molecule has 2 fully saturated rings. The molecule has 0 aliphatic carbocycles. The summed E-state index contributed by atoms with van der Waals surface area (Å²) in [5.74, 6) is -1.88. The first-order valence-electron chi connectivity index (χ1n) is 9.26. The number of halogens is 2. The molecule has 1 aromatic rings. The molecule has 2 saturated heterocycles. The summed E-state index contributed by atoms with van der Waals surface area (Å²) in [6.45, 7) is 2.41. The van der Waals surface area contributed by atoms with Crippen molar-refractivity contribution in [2.45, 2.75) is 50.4 Å². The van der Waals surface area contributed by atoms with Crippen molar-refractivity contribution in [1.29, 1.82) is 0 Å². The number of amides is 1. The van der Waals surface area contributed by atoms with Crippen LogP contribution < -0.4 is 0 Å². The lowest BCUT2D eigenvalue weighted by atomic mass is 9.96. The van der Waals surface area contributed by atoms with Gasteiger partial charge in [-0.3, -0.25) is 9.69 Å². The molecule has 0 unspecified atom stereocenters. The minimum atomic E-state index is -0.905. The van der Waals surface area contributed by atoms with Crippen molar-refractivity contribution in [2.24, 2.45) is 0 Å². The zero-order valence-corrected chi connectivity index (χ0v) is 14.8. The average Bonchev–Trinajstić information content (AvgIpc) is 2.63. The summed E-state index contributed by atoms with van der Waals surface area (Å²) in [7, 11) is 0. The molecular weight excluding hydrogens is 342 g/mol. The van der Waals surface area contributed by atoms with Gasteiger partial charge in [0.05, 0.1) is 12.2 Å². The highest BCUT2D eigenvalue weighted by atomic mass is 19.2. The van der Waals surface area contributed by atoms with Crippen molar-refractivity contribution in [3.8, 4) is 0 Å². The minimum Gasteiger partial charge on any atom is -0.393 e. The summed E-state index contributed by atoms with van der Waals surface area (Å²) in [6, 6.07) is 3.70. The van der Waals surface area contributed by atoms with Crippen LogP contribution in [0.4, 0.5) is 8.78 Å². The van der Waals surface area contributed by atoms with Gasteiger partial charge in [-0.15, -0.1) is 0 Å². The molecule has 1 amide bonds. The minimum absolute atomic E-state index is 0.0257. The number of rotatable bonds is 4. The number of carbonyl (C=O) groups excluding carboxylic acids is 1. The van der Waals surface area contributed by atoms with E-state index in [1.165, 1.54) is 6.07 Å². The fourth-order valence-electron chi connectivity index (χ4n) is 3.89. The van der Waals surface area contributed by atoms with Gasteiger partial charge in [0.15, 0.2) is 11.6 Å². The van der Waals surface area contributed by atoms with Gasteiger partial charge in [0.25, 0.3) is 0 Å². The molecule has 2 atom stereocenters. The van der Waals surface area contributed by atoms with E-state index in [0.717, 1.165) is 38.1 Å². The first-order valence-corrected chi connectivity index (χ1v) is 9.26. The summed E-state index contributed by atoms with van der Waals surface area (Å²) in [6.07, 6.45) is 1.84. The van der Waals surface area contributed by atoms with Crippen LogP contribution in [0.25, 0.3) is 0 Å². The van der Waals surface area contributed by atoms with Crippen molar-refractivity contribution in [1.82, 2.24) is 9.80 Å². The van der Waals surface area contributed by atoms with Crippen LogP contribution in [0.1, 0.15) is 31.2 Å². The van der Waals surface area contributed by atoms with Crippen LogP contribution in [-0.2, 0) is 11.2 Å². The molecule has 7 heteroatoms. The number of aliphatic hydroxyl groups excluding tert-OH is 2. The molecule has 26 heavy (non-hydrogen) atoms. The molecule has 1 aromatic carbocycles. The number of hydrogen-bond acceptors (Lipinski definition) is 4. The van der Waals surface area contributed by atoms with Crippen molar-refractivity contribution >= 4 is 5.91 Å². The van der Waals surface area contributed by atoms with Gasteiger partial charge in [0.1, 0.15) is 0 Å². The molecular formula is C19H26F2N2O3. The number of hydrogen-bond donors (Lipinski definition) is 2. The first kappa shape index (κ1) is 19.2. The lowest BCUT2D eigenvalue weighted by Gasteiger charge is -2.43. The van der Waals surface area contributed by atoms with Crippen molar-refractivity contribution < 1.29 is 23.8 Å². The maximum Gasteiger partial charge on any atom is 0.222 e. The van der Waals surface area contributed by atoms with Gasteiger partial charge in [-0.25, -0.2) is 8.78 Å². The highest BCUT2D eigenvalue weighted by Gasteiger charge is 2.35. The van der Waals surface area contributed by atoms with Crippen LogP contribution >= 0.6 is 0 Å². The average molecular weight is 368 g/mol. The molecule has 0 bridgehead atoms. The van der Waals surface area contributed by atoms with Gasteiger partial charge in [-0.1, -0.05) is 6.07 Å². The third-order valence-electron chi connectivity index (χ3n) is 5.48. The largest absolute Gasteiger partial charge is 0.393 e. The SMILES string of the molecule is O=C(CCc1ccc(F)c(F)c1)N1CC[C@@H](N2CCC(O)CC2)[C@H](O)C1. The highest BCUT2D eigenvalue weighted by molar-refractivity contribution is 5.76. The Balaban J connectivity index is 1.48. The lowest BCUT2D eigenvalue weighted by molar-refractivity contribution is -0.136. The first-order chi connectivity index (χ1) is 12.4. The number of likely N-dealkylation sites (tertiary alicyclic amines) is 2. The molecule has 5 nitrogen and oxygen atoms in total. The van der Waals surface area contributed by atoms with E-state index >= 15 is 0 Å². The Hall–Kier alpha value is -1.57. The highest BCUT2D eigenvalue weighted by Crippen LogP contribution is 2.22. The fourth-order valence-corrected chi connectivity index (χ4v) is 3.89. The van der Waals surface area contributed by atoms with E-state index in [-0.39, 0.29) is 24.5 Å². The van der Waals surface area contributed by atoms with E-state index in [4.69, 9.17) is 0 Å². The number of nitrogens with zero attached hydrogens (tertiary/aromatic N) is 2. The second-order valence-corrected chi connectivity index (χ2v) is 7.28. The van der Waals surface area contributed by atoms with Crippen molar-refractivity contribution in [3.63, 3.8) is 0 Å². The van der Waals surface area contributed by atoms with Gasteiger partial charge >= 0.3 is 0 Å². The molecule has 2 heterocycles. The summed E-state index contributed by atoms with van der Waals surface area (Å²) in [5.41, 5.74) is 0.583. The van der Waals surface area contributed by atoms with E-state index in [9.17, 15) is 23.8 Å². The Morgan fingerprint density at radius 2 is 1.81 bits per heavy atom. The quantitative estimate of drug-likeness (QED) is 0.841. The van der Waals surface area contributed by atoms with E-state index in [1.54, 1.807) is 4.90 Å². The van der Waals surface area contributed by atoms with Crippen LogP contribution in [-0.4, -0.2) is 70.3 Å². The predicted molar refractivity (Wildman–Crippen MR) is 92.5 cm³/mol. The van der Waals surface area contributed by atoms with Crippen LogP contribution in [0.3, 0.4) is 0 Å². The van der Waals surface area contributed by atoms with E-state index < -0.39 is 17.7 Å². The number of benzene rings is 1. The van der Waals surface area contributed by atoms with E-state index in [2.05, 4.69) is 4.90 Å². The molecule has 144 valence electrons. The summed E-state index contributed by atoms with van der Waals surface area (Å²) in [4.78, 5) is 16.3.